The van der Waals surface area contributed by atoms with Crippen LogP contribution in [0, 0.1) is 11.8 Å². The maximum Gasteiger partial charge on any atom is 0.00388 e. The second-order valence-corrected chi connectivity index (χ2v) is 5.12. The molecule has 0 radical (unpaired) electrons. The SMILES string of the molecule is CCCCC(C)NCC1CCCC1C. The van der Waals surface area contributed by atoms with Crippen molar-refractivity contribution in [2.75, 3.05) is 6.54 Å². The first-order chi connectivity index (χ1) is 6.74. The van der Waals surface area contributed by atoms with Crippen LogP contribution in [0.25, 0.3) is 0 Å². The lowest BCUT2D eigenvalue weighted by atomic mass is 9.98. The lowest BCUT2D eigenvalue weighted by molar-refractivity contribution is 0.364. The van der Waals surface area contributed by atoms with Gasteiger partial charge in [0.25, 0.3) is 0 Å². The van der Waals surface area contributed by atoms with Crippen LogP contribution in [0.3, 0.4) is 0 Å². The normalized spacial score (nSPS) is 29.4. The van der Waals surface area contributed by atoms with Crippen molar-refractivity contribution in [3.63, 3.8) is 0 Å². The van der Waals surface area contributed by atoms with E-state index >= 15 is 0 Å². The van der Waals surface area contributed by atoms with Crippen molar-refractivity contribution >= 4 is 0 Å². The molecule has 1 nitrogen and oxygen atoms in total. The minimum Gasteiger partial charge on any atom is -0.314 e. The van der Waals surface area contributed by atoms with Crippen LogP contribution in [-0.4, -0.2) is 12.6 Å². The van der Waals surface area contributed by atoms with Gasteiger partial charge in [0, 0.05) is 6.04 Å². The average molecular weight is 197 g/mol. The van der Waals surface area contributed by atoms with Crippen molar-refractivity contribution in [1.82, 2.24) is 5.32 Å². The molecule has 84 valence electrons. The molecule has 0 aliphatic heterocycles. The minimum atomic E-state index is 0.725. The molecule has 1 heteroatoms. The highest BCUT2D eigenvalue weighted by atomic mass is 14.9. The van der Waals surface area contributed by atoms with E-state index in [0.29, 0.717) is 0 Å². The Morgan fingerprint density at radius 3 is 2.71 bits per heavy atom. The van der Waals surface area contributed by atoms with Crippen molar-refractivity contribution in [2.45, 2.75) is 65.3 Å². The summed E-state index contributed by atoms with van der Waals surface area (Å²) in [4.78, 5) is 0. The number of rotatable bonds is 6. The highest BCUT2D eigenvalue weighted by Gasteiger charge is 2.22. The largest absolute Gasteiger partial charge is 0.314 e. The van der Waals surface area contributed by atoms with Gasteiger partial charge in [-0.1, -0.05) is 39.5 Å². The molecule has 0 heterocycles. The van der Waals surface area contributed by atoms with Crippen LogP contribution in [0.1, 0.15) is 59.3 Å². The van der Waals surface area contributed by atoms with E-state index < -0.39 is 0 Å². The minimum absolute atomic E-state index is 0.725. The Morgan fingerprint density at radius 2 is 2.14 bits per heavy atom. The zero-order valence-corrected chi connectivity index (χ0v) is 10.2. The van der Waals surface area contributed by atoms with Crippen LogP contribution >= 0.6 is 0 Å². The van der Waals surface area contributed by atoms with Gasteiger partial charge in [-0.2, -0.15) is 0 Å². The molecule has 3 atom stereocenters. The fourth-order valence-electron chi connectivity index (χ4n) is 2.49. The summed E-state index contributed by atoms with van der Waals surface area (Å²) in [6.07, 6.45) is 8.40. The summed E-state index contributed by atoms with van der Waals surface area (Å²) in [6.45, 7) is 8.27. The topological polar surface area (TPSA) is 12.0 Å². The van der Waals surface area contributed by atoms with Gasteiger partial charge < -0.3 is 5.32 Å². The molecule has 0 aromatic carbocycles. The first-order valence-corrected chi connectivity index (χ1v) is 6.47. The van der Waals surface area contributed by atoms with E-state index in [9.17, 15) is 0 Å². The van der Waals surface area contributed by atoms with E-state index in [0.717, 1.165) is 17.9 Å². The Hall–Kier alpha value is -0.0400. The van der Waals surface area contributed by atoms with Crippen LogP contribution in [-0.2, 0) is 0 Å². The molecule has 0 aromatic rings. The Balaban J connectivity index is 2.07. The number of hydrogen-bond acceptors (Lipinski definition) is 1. The molecule has 1 aliphatic carbocycles. The highest BCUT2D eigenvalue weighted by Crippen LogP contribution is 2.30. The fourth-order valence-corrected chi connectivity index (χ4v) is 2.49. The van der Waals surface area contributed by atoms with Crippen molar-refractivity contribution in [3.05, 3.63) is 0 Å². The van der Waals surface area contributed by atoms with Gasteiger partial charge in [-0.25, -0.2) is 0 Å². The monoisotopic (exact) mass is 197 g/mol. The van der Waals surface area contributed by atoms with Gasteiger partial charge in [-0.3, -0.25) is 0 Å². The van der Waals surface area contributed by atoms with E-state index in [-0.39, 0.29) is 0 Å². The molecule has 3 unspecified atom stereocenters. The summed E-state index contributed by atoms with van der Waals surface area (Å²) in [7, 11) is 0. The van der Waals surface area contributed by atoms with E-state index in [1.54, 1.807) is 0 Å². The molecule has 1 fully saturated rings. The molecule has 0 aromatic heterocycles. The van der Waals surface area contributed by atoms with Crippen molar-refractivity contribution in [2.24, 2.45) is 11.8 Å². The molecule has 1 N–H and O–H groups in total. The smallest absolute Gasteiger partial charge is 0.00388 e. The summed E-state index contributed by atoms with van der Waals surface area (Å²) in [5, 5.41) is 3.69. The zero-order valence-electron chi connectivity index (χ0n) is 10.2. The second kappa shape index (κ2) is 6.44. The summed E-state index contributed by atoms with van der Waals surface area (Å²) >= 11 is 0. The van der Waals surface area contributed by atoms with E-state index in [4.69, 9.17) is 0 Å². The predicted molar refractivity (Wildman–Crippen MR) is 63.5 cm³/mol. The van der Waals surface area contributed by atoms with Gasteiger partial charge >= 0.3 is 0 Å². The third-order valence-electron chi connectivity index (χ3n) is 3.76. The first kappa shape index (κ1) is 12.0. The Kier molecular flexibility index (Phi) is 5.54. The van der Waals surface area contributed by atoms with Crippen molar-refractivity contribution < 1.29 is 0 Å². The van der Waals surface area contributed by atoms with Crippen molar-refractivity contribution in [1.29, 1.82) is 0 Å². The predicted octanol–water partition coefficient (Wildman–Crippen LogP) is 3.59. The van der Waals surface area contributed by atoms with E-state index in [1.165, 1.54) is 45.1 Å². The van der Waals surface area contributed by atoms with E-state index in [1.807, 2.05) is 0 Å². The third-order valence-corrected chi connectivity index (χ3v) is 3.76. The summed E-state index contributed by atoms with van der Waals surface area (Å²) in [5.41, 5.74) is 0. The van der Waals surface area contributed by atoms with Gasteiger partial charge in [0.15, 0.2) is 0 Å². The summed E-state index contributed by atoms with van der Waals surface area (Å²) < 4.78 is 0. The van der Waals surface area contributed by atoms with Crippen LogP contribution < -0.4 is 5.32 Å². The maximum absolute atomic E-state index is 3.69. The third kappa shape index (κ3) is 4.00. The standard InChI is InChI=1S/C13H27N/c1-4-5-8-12(3)14-10-13-9-6-7-11(13)2/h11-14H,4-10H2,1-3H3. The second-order valence-electron chi connectivity index (χ2n) is 5.12. The van der Waals surface area contributed by atoms with Gasteiger partial charge in [-0.05, 0) is 38.1 Å². The van der Waals surface area contributed by atoms with Crippen LogP contribution in [0.5, 0.6) is 0 Å². The Bertz CT molecular complexity index is 144. The summed E-state index contributed by atoms with van der Waals surface area (Å²) in [6, 6.07) is 0.725. The first-order valence-electron chi connectivity index (χ1n) is 6.47. The molecule has 0 saturated heterocycles. The fraction of sp³-hybridized carbons (Fsp3) is 1.00. The molecule has 1 aliphatic rings. The van der Waals surface area contributed by atoms with Crippen LogP contribution in [0.15, 0.2) is 0 Å². The zero-order chi connectivity index (χ0) is 10.4. The molecular formula is C13H27N. The molecule has 0 amide bonds. The molecule has 1 saturated carbocycles. The molecule has 0 bridgehead atoms. The lowest BCUT2D eigenvalue weighted by Crippen LogP contribution is -2.32. The van der Waals surface area contributed by atoms with Crippen LogP contribution in [0.4, 0.5) is 0 Å². The van der Waals surface area contributed by atoms with E-state index in [2.05, 4.69) is 26.1 Å². The molecule has 14 heavy (non-hydrogen) atoms. The lowest BCUT2D eigenvalue weighted by Gasteiger charge is -2.19. The Morgan fingerprint density at radius 1 is 1.36 bits per heavy atom. The number of unbranched alkanes of at least 4 members (excludes halogenated alkanes) is 1. The molecular weight excluding hydrogens is 170 g/mol. The van der Waals surface area contributed by atoms with Gasteiger partial charge in [0.05, 0.1) is 0 Å². The van der Waals surface area contributed by atoms with Gasteiger partial charge in [-0.15, -0.1) is 0 Å². The van der Waals surface area contributed by atoms with Crippen LogP contribution in [0.2, 0.25) is 0 Å². The van der Waals surface area contributed by atoms with Gasteiger partial charge in [0.1, 0.15) is 0 Å². The maximum atomic E-state index is 3.69. The van der Waals surface area contributed by atoms with Gasteiger partial charge in [0.2, 0.25) is 0 Å². The summed E-state index contributed by atoms with van der Waals surface area (Å²) in [5.74, 6) is 1.92. The average Bonchev–Trinajstić information content (AvgIpc) is 2.58. The number of nitrogens with one attached hydrogen (secondary N) is 1. The highest BCUT2D eigenvalue weighted by molar-refractivity contribution is 4.77. The number of hydrogen-bond donors (Lipinski definition) is 1. The van der Waals surface area contributed by atoms with Crippen molar-refractivity contribution in [3.8, 4) is 0 Å². The molecule has 0 spiro atoms. The quantitative estimate of drug-likeness (QED) is 0.686. The Labute approximate surface area is 89.7 Å². The molecule has 1 rings (SSSR count).